The smallest absolute Gasteiger partial charge is 0.325 e. The molecule has 0 N–H and O–H groups in total. The van der Waals surface area contributed by atoms with Gasteiger partial charge >= 0.3 is 5.97 Å². The summed E-state index contributed by atoms with van der Waals surface area (Å²) in [5.41, 5.74) is 4.24. The van der Waals surface area contributed by atoms with Crippen LogP contribution in [0.25, 0.3) is 0 Å². The second-order valence-electron chi connectivity index (χ2n) is 9.37. The van der Waals surface area contributed by atoms with E-state index in [9.17, 15) is 4.79 Å². The first-order valence-corrected chi connectivity index (χ1v) is 13.0. The first kappa shape index (κ1) is 22.8. The largest absolute Gasteiger partial charge is 0.465 e. The highest BCUT2D eigenvalue weighted by atomic mass is 32.2. The van der Waals surface area contributed by atoms with Gasteiger partial charge in [0.15, 0.2) is 0 Å². The lowest BCUT2D eigenvalue weighted by Crippen LogP contribution is -2.24. The van der Waals surface area contributed by atoms with Gasteiger partial charge in [-0.15, -0.1) is 0 Å². The Labute approximate surface area is 195 Å². The zero-order chi connectivity index (χ0) is 22.0. The Hall–Kier alpha value is -1.37. The summed E-state index contributed by atoms with van der Waals surface area (Å²) in [7, 11) is 0. The molecule has 0 atom stereocenters. The topological polar surface area (TPSA) is 34.5 Å². The van der Waals surface area contributed by atoms with E-state index in [1.165, 1.54) is 57.6 Å². The van der Waals surface area contributed by atoms with Gasteiger partial charge in [-0.1, -0.05) is 25.6 Å². The van der Waals surface area contributed by atoms with Crippen LogP contribution in [-0.4, -0.2) is 34.5 Å². The van der Waals surface area contributed by atoms with Gasteiger partial charge in [0, 0.05) is 39.2 Å². The number of carbonyl (C=O) groups is 1. The van der Waals surface area contributed by atoms with E-state index in [-0.39, 0.29) is 5.97 Å². The summed E-state index contributed by atoms with van der Waals surface area (Å²) < 4.78 is 9.92. The van der Waals surface area contributed by atoms with E-state index < -0.39 is 0 Å². The Morgan fingerprint density at radius 3 is 2.48 bits per heavy atom. The average molecular weight is 459 g/mol. The van der Waals surface area contributed by atoms with Gasteiger partial charge in [0.2, 0.25) is 0 Å². The molecule has 6 heteroatoms. The summed E-state index contributed by atoms with van der Waals surface area (Å²) in [6.45, 7) is 11.9. The summed E-state index contributed by atoms with van der Waals surface area (Å²) in [6, 6.07) is 8.97. The van der Waals surface area contributed by atoms with E-state index in [0.29, 0.717) is 18.6 Å². The van der Waals surface area contributed by atoms with Gasteiger partial charge < -0.3 is 9.30 Å². The predicted molar refractivity (Wildman–Crippen MR) is 129 cm³/mol. The van der Waals surface area contributed by atoms with Crippen molar-refractivity contribution >= 4 is 29.7 Å². The molecule has 31 heavy (non-hydrogen) atoms. The van der Waals surface area contributed by atoms with Crippen LogP contribution in [0.3, 0.4) is 0 Å². The molecular formula is C25H34N2O2S2. The maximum absolute atomic E-state index is 12.3. The number of fused-ring (bicyclic) bond motifs is 1. The fourth-order valence-corrected chi connectivity index (χ4v) is 6.70. The highest BCUT2D eigenvalue weighted by molar-refractivity contribution is 7.99. The number of rotatable bonds is 7. The molecule has 1 fully saturated rings. The van der Waals surface area contributed by atoms with Gasteiger partial charge in [0.05, 0.1) is 6.61 Å². The van der Waals surface area contributed by atoms with Gasteiger partial charge in [-0.2, -0.15) is 0 Å². The average Bonchev–Trinajstić information content (AvgIpc) is 3.31. The van der Waals surface area contributed by atoms with Gasteiger partial charge in [0.1, 0.15) is 6.54 Å². The molecule has 2 aliphatic rings. The standard InChI is InChI=1S/C25H34N2O2S2/c1-5-29-23(28)17-27-18(2)24(21-16-25(3,4)13-12-22(21)27)30-19-8-10-20(11-9-19)31-26-14-6-7-15-26/h8-11H,5-7,12-17H2,1-4H3. The van der Waals surface area contributed by atoms with Crippen LogP contribution < -0.4 is 0 Å². The van der Waals surface area contributed by atoms with Crippen molar-refractivity contribution in [3.63, 3.8) is 0 Å². The zero-order valence-corrected chi connectivity index (χ0v) is 20.8. The Kier molecular flexibility index (Phi) is 7.09. The van der Waals surface area contributed by atoms with Crippen molar-refractivity contribution in [2.45, 2.75) is 81.0 Å². The monoisotopic (exact) mass is 458 g/mol. The number of benzene rings is 1. The molecule has 0 amide bonds. The molecule has 1 saturated heterocycles. The van der Waals surface area contributed by atoms with E-state index in [4.69, 9.17) is 4.74 Å². The molecule has 168 valence electrons. The lowest BCUT2D eigenvalue weighted by molar-refractivity contribution is -0.143. The summed E-state index contributed by atoms with van der Waals surface area (Å²) in [4.78, 5) is 16.2. The maximum Gasteiger partial charge on any atom is 0.325 e. The molecule has 1 aromatic carbocycles. The third kappa shape index (κ3) is 5.35. The Morgan fingerprint density at radius 2 is 1.81 bits per heavy atom. The minimum Gasteiger partial charge on any atom is -0.465 e. The summed E-state index contributed by atoms with van der Waals surface area (Å²) in [6.07, 6.45) is 5.85. The maximum atomic E-state index is 12.3. The van der Waals surface area contributed by atoms with Crippen LogP contribution in [0, 0.1) is 12.3 Å². The first-order valence-electron chi connectivity index (χ1n) is 11.4. The molecule has 1 aromatic heterocycles. The minimum atomic E-state index is -0.145. The molecular weight excluding hydrogens is 424 g/mol. The van der Waals surface area contributed by atoms with E-state index >= 15 is 0 Å². The first-order chi connectivity index (χ1) is 14.9. The summed E-state index contributed by atoms with van der Waals surface area (Å²) in [5.74, 6) is -0.145. The second kappa shape index (κ2) is 9.63. The third-order valence-electron chi connectivity index (χ3n) is 6.31. The number of hydrogen-bond acceptors (Lipinski definition) is 5. The van der Waals surface area contributed by atoms with Crippen molar-refractivity contribution in [1.29, 1.82) is 0 Å². The highest BCUT2D eigenvalue weighted by Gasteiger charge is 2.32. The molecule has 1 aliphatic carbocycles. The van der Waals surface area contributed by atoms with Crippen molar-refractivity contribution in [3.05, 3.63) is 41.2 Å². The molecule has 2 aromatic rings. The number of carbonyl (C=O) groups excluding carboxylic acids is 1. The molecule has 1 aliphatic heterocycles. The minimum absolute atomic E-state index is 0.145. The molecule has 4 rings (SSSR count). The molecule has 0 bridgehead atoms. The van der Waals surface area contributed by atoms with Crippen LogP contribution in [0.2, 0.25) is 0 Å². The lowest BCUT2D eigenvalue weighted by atomic mass is 9.76. The fourth-order valence-electron chi connectivity index (χ4n) is 4.63. The second-order valence-corrected chi connectivity index (χ2v) is 11.6. The van der Waals surface area contributed by atoms with Crippen molar-refractivity contribution < 1.29 is 9.53 Å². The van der Waals surface area contributed by atoms with Gasteiger partial charge in [-0.05, 0) is 93.1 Å². The molecule has 4 nitrogen and oxygen atoms in total. The summed E-state index contributed by atoms with van der Waals surface area (Å²) >= 11 is 3.72. The molecule has 0 unspecified atom stereocenters. The molecule has 0 radical (unpaired) electrons. The quantitative estimate of drug-likeness (QED) is 0.368. The fraction of sp³-hybridized carbons (Fsp3) is 0.560. The Balaban J connectivity index is 1.58. The number of aromatic nitrogens is 1. The number of nitrogens with zero attached hydrogens (tertiary/aromatic N) is 2. The Morgan fingerprint density at radius 1 is 1.13 bits per heavy atom. The van der Waals surface area contributed by atoms with Crippen LogP contribution in [0.1, 0.15) is 57.0 Å². The Bertz CT molecular complexity index is 928. The van der Waals surface area contributed by atoms with Crippen LogP contribution in [0.5, 0.6) is 0 Å². The van der Waals surface area contributed by atoms with Crippen molar-refractivity contribution in [3.8, 4) is 0 Å². The predicted octanol–water partition coefficient (Wildman–Crippen LogP) is 6.13. The van der Waals surface area contributed by atoms with Crippen molar-refractivity contribution in [2.75, 3.05) is 19.7 Å². The van der Waals surface area contributed by atoms with Crippen LogP contribution >= 0.6 is 23.7 Å². The van der Waals surface area contributed by atoms with E-state index in [0.717, 1.165) is 19.3 Å². The SMILES string of the molecule is CCOC(=O)Cn1c(C)c(Sc2ccc(SN3CCCC3)cc2)c2c1CCC(C)(C)C2. The van der Waals surface area contributed by atoms with Gasteiger partial charge in [-0.25, -0.2) is 4.31 Å². The number of hydrogen-bond donors (Lipinski definition) is 0. The van der Waals surface area contributed by atoms with E-state index in [2.05, 4.69) is 53.9 Å². The molecule has 0 spiro atoms. The number of esters is 1. The van der Waals surface area contributed by atoms with E-state index in [1.54, 1.807) is 0 Å². The lowest BCUT2D eigenvalue weighted by Gasteiger charge is -2.30. The van der Waals surface area contributed by atoms with Crippen LogP contribution in [0.4, 0.5) is 0 Å². The summed E-state index contributed by atoms with van der Waals surface area (Å²) in [5, 5.41) is 0. The van der Waals surface area contributed by atoms with Gasteiger partial charge in [-0.3, -0.25) is 4.79 Å². The molecule has 2 heterocycles. The zero-order valence-electron chi connectivity index (χ0n) is 19.2. The third-order valence-corrected chi connectivity index (χ3v) is 8.67. The van der Waals surface area contributed by atoms with Crippen LogP contribution in [0.15, 0.2) is 39.0 Å². The molecule has 0 saturated carbocycles. The van der Waals surface area contributed by atoms with Gasteiger partial charge in [0.25, 0.3) is 0 Å². The van der Waals surface area contributed by atoms with Crippen molar-refractivity contribution in [1.82, 2.24) is 8.87 Å². The van der Waals surface area contributed by atoms with Crippen LogP contribution in [-0.2, 0) is 28.9 Å². The van der Waals surface area contributed by atoms with E-state index in [1.807, 2.05) is 30.6 Å². The highest BCUT2D eigenvalue weighted by Crippen LogP contribution is 2.44. The normalized spacial score (nSPS) is 18.2. The van der Waals surface area contributed by atoms with Crippen molar-refractivity contribution in [2.24, 2.45) is 5.41 Å². The number of ether oxygens (including phenoxy) is 1.